The molecule has 0 bridgehead atoms. The Balaban J connectivity index is 1.38. The van der Waals surface area contributed by atoms with Crippen LogP contribution in [-0.4, -0.2) is 24.8 Å². The second kappa shape index (κ2) is 7.58. The second-order valence-corrected chi connectivity index (χ2v) is 11.0. The van der Waals surface area contributed by atoms with E-state index in [2.05, 4.69) is 42.7 Å². The fraction of sp³-hybridized carbons (Fsp3) is 0.630. The molecule has 166 valence electrons. The highest BCUT2D eigenvalue weighted by Crippen LogP contribution is 2.65. The van der Waals surface area contributed by atoms with Gasteiger partial charge in [-0.3, -0.25) is 9.59 Å². The van der Waals surface area contributed by atoms with E-state index < -0.39 is 0 Å². The van der Waals surface area contributed by atoms with Gasteiger partial charge in [0.25, 0.3) is 0 Å². The average Bonchev–Trinajstić information content (AvgIpc) is 3.12. The Kier molecular flexibility index (Phi) is 5.12. The van der Waals surface area contributed by atoms with Gasteiger partial charge in [0, 0.05) is 29.5 Å². The van der Waals surface area contributed by atoms with Crippen LogP contribution < -0.4 is 10.6 Å². The Hall–Kier alpha value is -1.94. The highest BCUT2D eigenvalue weighted by atomic mass is 16.1. The maximum absolute atomic E-state index is 13.6. The van der Waals surface area contributed by atoms with Crippen LogP contribution in [0.4, 0.5) is 0 Å². The Bertz CT molecular complexity index is 906. The van der Waals surface area contributed by atoms with Crippen LogP contribution in [0, 0.1) is 34.5 Å². The van der Waals surface area contributed by atoms with Crippen molar-refractivity contribution < 1.29 is 9.59 Å². The molecule has 1 aromatic carbocycles. The molecule has 0 spiro atoms. The van der Waals surface area contributed by atoms with Crippen molar-refractivity contribution in [1.82, 2.24) is 10.6 Å². The summed E-state index contributed by atoms with van der Waals surface area (Å²) in [6.45, 7) is 5.60. The smallest absolute Gasteiger partial charge is 0.243 e. The third kappa shape index (κ3) is 3.21. The zero-order valence-corrected chi connectivity index (χ0v) is 19.1. The molecule has 5 rings (SSSR count). The zero-order valence-electron chi connectivity index (χ0n) is 19.1. The number of Topliss-reactive ketones (excluding diaryl/α,β-unsaturated/α-hetero) is 1. The van der Waals surface area contributed by atoms with Crippen LogP contribution in [0.15, 0.2) is 36.4 Å². The molecule has 0 unspecified atom stereocenters. The number of benzene rings is 1. The first kappa shape index (κ1) is 20.9. The van der Waals surface area contributed by atoms with Gasteiger partial charge < -0.3 is 10.6 Å². The second-order valence-electron chi connectivity index (χ2n) is 11.0. The Morgan fingerprint density at radius 2 is 1.84 bits per heavy atom. The number of amides is 1. The Labute approximate surface area is 186 Å². The van der Waals surface area contributed by atoms with E-state index in [-0.39, 0.29) is 28.7 Å². The molecule has 3 fully saturated rings. The maximum atomic E-state index is 13.6. The summed E-state index contributed by atoms with van der Waals surface area (Å²) in [5.41, 5.74) is 2.26. The molecular formula is C27H36N2O2. The molecule has 31 heavy (non-hydrogen) atoms. The zero-order chi connectivity index (χ0) is 21.8. The molecule has 1 amide bonds. The number of carbonyl (C=O) groups is 2. The summed E-state index contributed by atoms with van der Waals surface area (Å²) in [7, 11) is 1.94. The van der Waals surface area contributed by atoms with Crippen LogP contribution in [0.3, 0.4) is 0 Å². The molecule has 1 aliphatic heterocycles. The maximum Gasteiger partial charge on any atom is 0.243 e. The summed E-state index contributed by atoms with van der Waals surface area (Å²) in [5.74, 6) is 2.44. The average molecular weight is 421 g/mol. The van der Waals surface area contributed by atoms with Crippen molar-refractivity contribution in [2.75, 3.05) is 7.05 Å². The van der Waals surface area contributed by atoms with Gasteiger partial charge in [-0.15, -0.1) is 0 Å². The highest BCUT2D eigenvalue weighted by molar-refractivity contribution is 5.98. The van der Waals surface area contributed by atoms with Crippen molar-refractivity contribution in [2.24, 2.45) is 34.5 Å². The summed E-state index contributed by atoms with van der Waals surface area (Å²) < 4.78 is 0. The molecule has 2 N–H and O–H groups in total. The quantitative estimate of drug-likeness (QED) is 0.705. The van der Waals surface area contributed by atoms with Gasteiger partial charge in [-0.25, -0.2) is 0 Å². The van der Waals surface area contributed by atoms with Crippen LogP contribution in [-0.2, 0) is 11.3 Å². The third-order valence-corrected chi connectivity index (χ3v) is 9.62. The number of rotatable bonds is 4. The van der Waals surface area contributed by atoms with E-state index in [1.165, 1.54) is 18.4 Å². The van der Waals surface area contributed by atoms with Gasteiger partial charge in [-0.1, -0.05) is 44.2 Å². The molecule has 4 nitrogen and oxygen atoms in total. The van der Waals surface area contributed by atoms with Crippen molar-refractivity contribution in [3.05, 3.63) is 47.5 Å². The van der Waals surface area contributed by atoms with E-state index >= 15 is 0 Å². The Morgan fingerprint density at radius 1 is 1.06 bits per heavy atom. The van der Waals surface area contributed by atoms with Gasteiger partial charge in [-0.05, 0) is 80.4 Å². The van der Waals surface area contributed by atoms with Crippen LogP contribution in [0.1, 0.15) is 68.3 Å². The molecule has 0 saturated heterocycles. The molecule has 7 atom stereocenters. The van der Waals surface area contributed by atoms with Gasteiger partial charge in [0.2, 0.25) is 5.91 Å². The minimum absolute atomic E-state index is 0.0589. The van der Waals surface area contributed by atoms with E-state index in [0.29, 0.717) is 23.5 Å². The van der Waals surface area contributed by atoms with Crippen LogP contribution in [0.5, 0.6) is 0 Å². The van der Waals surface area contributed by atoms with Gasteiger partial charge in [0.05, 0.1) is 0 Å². The lowest BCUT2D eigenvalue weighted by atomic mass is 9.47. The molecule has 0 radical (unpaired) electrons. The van der Waals surface area contributed by atoms with Crippen molar-refractivity contribution in [3.8, 4) is 0 Å². The topological polar surface area (TPSA) is 58.2 Å². The van der Waals surface area contributed by atoms with E-state index in [1.807, 2.05) is 19.2 Å². The lowest BCUT2D eigenvalue weighted by Gasteiger charge is -2.58. The normalized spacial score (nSPS) is 41.1. The minimum atomic E-state index is 0.0589. The van der Waals surface area contributed by atoms with Crippen LogP contribution >= 0.6 is 0 Å². The lowest BCUT2D eigenvalue weighted by Crippen LogP contribution is -2.59. The molecule has 4 aliphatic rings. The first-order valence-electron chi connectivity index (χ1n) is 12.1. The predicted octanol–water partition coefficient (Wildman–Crippen LogP) is 4.50. The third-order valence-electron chi connectivity index (χ3n) is 9.62. The van der Waals surface area contributed by atoms with Crippen molar-refractivity contribution in [3.63, 3.8) is 0 Å². The van der Waals surface area contributed by atoms with Crippen LogP contribution in [0.25, 0.3) is 0 Å². The van der Waals surface area contributed by atoms with Crippen molar-refractivity contribution >= 4 is 11.7 Å². The van der Waals surface area contributed by atoms with Gasteiger partial charge in [0.15, 0.2) is 5.78 Å². The van der Waals surface area contributed by atoms with E-state index in [0.717, 1.165) is 37.8 Å². The number of hydrogen-bond donors (Lipinski definition) is 2. The number of nitrogens with one attached hydrogen (secondary N) is 2. The standard InChI is InChI=1S/C27H36N2O2/c1-26-14-12-21-19(8-11-23-27(21,2)15-13-24(30)29-23)20(26)9-10-22(26)25(31)18-6-4-17(5-7-18)16-28-3/h4-7,13,15,19-23,28H,8-12,14,16H2,1-3H3,(H,29,30)/t19-,20-,21-,22+,23+,26-,27+/m0/s1. The first-order valence-corrected chi connectivity index (χ1v) is 12.1. The summed E-state index contributed by atoms with van der Waals surface area (Å²) in [6, 6.07) is 8.49. The fourth-order valence-electron chi connectivity index (χ4n) is 7.96. The van der Waals surface area contributed by atoms with Gasteiger partial charge >= 0.3 is 0 Å². The number of hydrogen-bond acceptors (Lipinski definition) is 3. The molecule has 0 aromatic heterocycles. The molecule has 1 aromatic rings. The molecule has 1 heterocycles. The van der Waals surface area contributed by atoms with E-state index in [1.54, 1.807) is 6.08 Å². The van der Waals surface area contributed by atoms with Crippen LogP contribution in [0.2, 0.25) is 0 Å². The first-order chi connectivity index (χ1) is 14.9. The summed E-state index contributed by atoms with van der Waals surface area (Å²) in [6.07, 6.45) is 10.7. The number of carbonyl (C=O) groups excluding carboxylic acids is 2. The number of ketones is 1. The monoisotopic (exact) mass is 420 g/mol. The predicted molar refractivity (Wildman–Crippen MR) is 122 cm³/mol. The Morgan fingerprint density at radius 3 is 2.58 bits per heavy atom. The highest BCUT2D eigenvalue weighted by Gasteiger charge is 2.60. The largest absolute Gasteiger partial charge is 0.349 e. The van der Waals surface area contributed by atoms with Gasteiger partial charge in [0.1, 0.15) is 0 Å². The van der Waals surface area contributed by atoms with Gasteiger partial charge in [-0.2, -0.15) is 0 Å². The molecule has 3 aliphatic carbocycles. The van der Waals surface area contributed by atoms with E-state index in [4.69, 9.17) is 0 Å². The number of fused-ring (bicyclic) bond motifs is 5. The molecule has 3 saturated carbocycles. The molecule has 4 heteroatoms. The van der Waals surface area contributed by atoms with Crippen molar-refractivity contribution in [2.45, 2.75) is 65.0 Å². The summed E-state index contributed by atoms with van der Waals surface area (Å²) >= 11 is 0. The lowest BCUT2D eigenvalue weighted by molar-refractivity contribution is -0.122. The minimum Gasteiger partial charge on any atom is -0.349 e. The molecular weight excluding hydrogens is 384 g/mol. The summed E-state index contributed by atoms with van der Waals surface area (Å²) in [5, 5.41) is 6.41. The van der Waals surface area contributed by atoms with E-state index in [9.17, 15) is 9.59 Å². The van der Waals surface area contributed by atoms with Crippen molar-refractivity contribution in [1.29, 1.82) is 0 Å². The fourth-order valence-corrected chi connectivity index (χ4v) is 7.96. The SMILES string of the molecule is CNCc1ccc(C(=O)[C@H]2CC[C@H]3[C@@H]4CC[C@H]5NC(=O)C=C[C@]5(C)[C@H]4CC[C@]23C)cc1. The summed E-state index contributed by atoms with van der Waals surface area (Å²) in [4.78, 5) is 25.5.